The van der Waals surface area contributed by atoms with E-state index in [4.69, 9.17) is 16.3 Å². The number of amides is 4. The molecule has 2 aromatic rings. The lowest BCUT2D eigenvalue weighted by atomic mass is 9.99. The first-order valence-electron chi connectivity index (χ1n) is 17.3. The predicted octanol–water partition coefficient (Wildman–Crippen LogP) is 4.91. The highest BCUT2D eigenvalue weighted by molar-refractivity contribution is 6.32. The lowest BCUT2D eigenvalue weighted by Gasteiger charge is -2.42. The number of hydrogen-bond donors (Lipinski definition) is 2. The average molecular weight is 721 g/mol. The van der Waals surface area contributed by atoms with Crippen molar-refractivity contribution in [2.45, 2.75) is 62.9 Å². The van der Waals surface area contributed by atoms with E-state index < -0.39 is 40.6 Å². The Kier molecular flexibility index (Phi) is 11.0. The number of hydrogen-bond acceptors (Lipinski definition) is 7. The van der Waals surface area contributed by atoms with Gasteiger partial charge in [0.25, 0.3) is 5.91 Å². The topological polar surface area (TPSA) is 109 Å². The van der Waals surface area contributed by atoms with Crippen molar-refractivity contribution in [2.24, 2.45) is 0 Å². The van der Waals surface area contributed by atoms with E-state index in [9.17, 15) is 32.7 Å². The Balaban J connectivity index is 1.12. The number of phenolic OH excluding ortho intramolecular Hbond substituents is 1. The highest BCUT2D eigenvalue weighted by Gasteiger charge is 2.39. The first-order chi connectivity index (χ1) is 23.9. The quantitative estimate of drug-likeness (QED) is 0.437. The van der Waals surface area contributed by atoms with Gasteiger partial charge in [0.15, 0.2) is 6.10 Å². The van der Waals surface area contributed by atoms with E-state index in [-0.39, 0.29) is 37.1 Å². The first-order valence-corrected chi connectivity index (χ1v) is 17.7. The molecule has 2 N–H and O–H groups in total. The van der Waals surface area contributed by atoms with Crippen LogP contribution in [0.4, 0.5) is 28.4 Å². The lowest BCUT2D eigenvalue weighted by molar-refractivity contribution is -0.142. The average Bonchev–Trinajstić information content (AvgIpc) is 3.27. The number of phenols is 1. The molecule has 4 aliphatic rings. The number of benzene rings is 2. The molecule has 50 heavy (non-hydrogen) atoms. The van der Waals surface area contributed by atoms with Crippen LogP contribution < -0.4 is 5.32 Å². The molecule has 15 heteroatoms. The normalized spacial score (nSPS) is 21.0. The molecule has 0 unspecified atom stereocenters. The summed E-state index contributed by atoms with van der Waals surface area (Å²) in [6.45, 7) is 5.81. The van der Waals surface area contributed by atoms with Crippen molar-refractivity contribution in [1.29, 1.82) is 0 Å². The Morgan fingerprint density at radius 3 is 2.26 bits per heavy atom. The van der Waals surface area contributed by atoms with Crippen molar-refractivity contribution in [3.8, 4) is 5.75 Å². The van der Waals surface area contributed by atoms with Crippen LogP contribution in [0.3, 0.4) is 0 Å². The van der Waals surface area contributed by atoms with E-state index in [1.54, 1.807) is 9.80 Å². The monoisotopic (exact) mass is 720 g/mol. The van der Waals surface area contributed by atoms with Gasteiger partial charge in [-0.3, -0.25) is 9.69 Å². The number of nitrogens with zero attached hydrogens (tertiary/aromatic N) is 5. The summed E-state index contributed by atoms with van der Waals surface area (Å²) in [5.41, 5.74) is 0.525. The fraction of sp³-hybridized carbons (Fsp3) is 0.571. The Bertz CT molecular complexity index is 1560. The molecule has 4 aliphatic heterocycles. The molecular formula is C35H44ClF3N6O5. The molecule has 4 amide bonds. The smallest absolute Gasteiger partial charge is 0.420 e. The Labute approximate surface area is 294 Å². The zero-order chi connectivity index (χ0) is 35.6. The Morgan fingerprint density at radius 1 is 0.940 bits per heavy atom. The highest BCUT2D eigenvalue weighted by atomic mass is 35.5. The van der Waals surface area contributed by atoms with Crippen LogP contribution in [0.25, 0.3) is 0 Å². The van der Waals surface area contributed by atoms with E-state index in [1.165, 1.54) is 4.90 Å². The van der Waals surface area contributed by atoms with Crippen LogP contribution in [0.2, 0.25) is 5.02 Å². The molecule has 2 aromatic carbocycles. The van der Waals surface area contributed by atoms with Crippen molar-refractivity contribution in [3.05, 3.63) is 58.1 Å². The van der Waals surface area contributed by atoms with Gasteiger partial charge in [-0.1, -0.05) is 29.8 Å². The summed E-state index contributed by atoms with van der Waals surface area (Å²) < 4.78 is 47.0. The number of urea groups is 1. The van der Waals surface area contributed by atoms with Gasteiger partial charge in [-0.25, -0.2) is 9.59 Å². The summed E-state index contributed by atoms with van der Waals surface area (Å²) in [4.78, 5) is 50.2. The van der Waals surface area contributed by atoms with Gasteiger partial charge in [0.05, 0.1) is 10.6 Å². The number of carbonyl (C=O) groups excluding carboxylic acids is 3. The first kappa shape index (κ1) is 36.1. The third-order valence-corrected chi connectivity index (χ3v) is 10.8. The number of likely N-dealkylation sites (N-methyl/N-ethyl adjacent to an activating group) is 1. The summed E-state index contributed by atoms with van der Waals surface area (Å²) in [6.07, 6.45) is -4.21. The second kappa shape index (κ2) is 15.2. The van der Waals surface area contributed by atoms with Crippen molar-refractivity contribution in [2.75, 3.05) is 71.3 Å². The van der Waals surface area contributed by atoms with Gasteiger partial charge >= 0.3 is 18.3 Å². The molecule has 4 heterocycles. The number of nitrogens with one attached hydrogen (secondary N) is 1. The Hall–Kier alpha value is -3.75. The number of rotatable bonds is 6. The Morgan fingerprint density at radius 2 is 1.58 bits per heavy atom. The van der Waals surface area contributed by atoms with Crippen LogP contribution in [-0.4, -0.2) is 132 Å². The molecule has 0 radical (unpaired) electrons. The number of ether oxygens (including phenoxy) is 1. The van der Waals surface area contributed by atoms with Gasteiger partial charge in [-0.15, -0.1) is 0 Å². The van der Waals surface area contributed by atoms with Gasteiger partial charge in [-0.2, -0.15) is 13.2 Å². The number of piperazine rings is 1. The number of likely N-dealkylation sites (tertiary alicyclic amines) is 2. The van der Waals surface area contributed by atoms with Crippen molar-refractivity contribution in [1.82, 2.24) is 24.5 Å². The van der Waals surface area contributed by atoms with Crippen molar-refractivity contribution in [3.63, 3.8) is 0 Å². The fourth-order valence-corrected chi connectivity index (χ4v) is 7.76. The second-order valence-electron chi connectivity index (χ2n) is 13.7. The standard InChI is InChI=1S/C35H44ClF3N6O5/c1-41-16-18-42(19-17-41)25-7-11-43(12-8-25)32(47)30(22-23-20-27(35(37,38)39)31(46)28(36)21-23)50-34(49)44-13-9-26(10-14-44)45-15-6-24-4-2-3-5-29(24)40-33(45)48/h2-5,20-21,25-26,30,46H,6-19,22H2,1H3,(H,40,48)/t30-/m1/s1. The molecule has 272 valence electrons. The van der Waals surface area contributed by atoms with Gasteiger partial charge in [0, 0.05) is 83.1 Å². The van der Waals surface area contributed by atoms with E-state index in [1.807, 2.05) is 24.3 Å². The molecular weight excluding hydrogens is 677 g/mol. The van der Waals surface area contributed by atoms with E-state index >= 15 is 0 Å². The third kappa shape index (κ3) is 8.24. The maximum absolute atomic E-state index is 14.0. The molecule has 3 fully saturated rings. The molecule has 0 aliphatic carbocycles. The second-order valence-corrected chi connectivity index (χ2v) is 14.1. The molecule has 11 nitrogen and oxygen atoms in total. The number of piperidine rings is 2. The minimum absolute atomic E-state index is 0.00507. The van der Waals surface area contributed by atoms with Gasteiger partial charge in [0.1, 0.15) is 5.75 Å². The van der Waals surface area contributed by atoms with E-state index in [0.717, 1.165) is 62.4 Å². The summed E-state index contributed by atoms with van der Waals surface area (Å²) in [5.74, 6) is -1.58. The number of halogens is 4. The van der Waals surface area contributed by atoms with Crippen LogP contribution in [0.1, 0.15) is 42.4 Å². The molecule has 0 aromatic heterocycles. The van der Waals surface area contributed by atoms with Gasteiger partial charge in [0.2, 0.25) is 0 Å². The molecule has 0 saturated carbocycles. The van der Waals surface area contributed by atoms with Gasteiger partial charge < -0.3 is 34.8 Å². The lowest BCUT2D eigenvalue weighted by Crippen LogP contribution is -2.54. The van der Waals surface area contributed by atoms with Gasteiger partial charge in [-0.05, 0) is 68.5 Å². The maximum Gasteiger partial charge on any atom is 0.420 e. The number of para-hydroxylation sites is 1. The SMILES string of the molecule is CN1CCN(C2CCN(C(=O)[C@@H](Cc3cc(Cl)c(O)c(C(F)(F)F)c3)OC(=O)N3CCC(N4CCc5ccccc5NC4=O)CC3)CC2)CC1. The number of fused-ring (bicyclic) bond motifs is 1. The summed E-state index contributed by atoms with van der Waals surface area (Å²) in [7, 11) is 2.09. The number of alkyl halides is 3. The highest BCUT2D eigenvalue weighted by Crippen LogP contribution is 2.40. The van der Waals surface area contributed by atoms with Crippen LogP contribution >= 0.6 is 11.6 Å². The van der Waals surface area contributed by atoms with E-state index in [2.05, 4.69) is 22.2 Å². The number of anilines is 1. The minimum atomic E-state index is -4.89. The van der Waals surface area contributed by atoms with Crippen molar-refractivity contribution < 1.29 is 37.4 Å². The zero-order valence-electron chi connectivity index (χ0n) is 28.1. The molecule has 3 saturated heterocycles. The fourth-order valence-electron chi connectivity index (χ4n) is 7.52. The minimum Gasteiger partial charge on any atom is -0.506 e. The van der Waals surface area contributed by atoms with Crippen LogP contribution in [0.5, 0.6) is 5.75 Å². The van der Waals surface area contributed by atoms with Crippen LogP contribution in [0, 0.1) is 0 Å². The zero-order valence-corrected chi connectivity index (χ0v) is 28.9. The summed E-state index contributed by atoms with van der Waals surface area (Å²) >= 11 is 5.99. The molecule has 0 spiro atoms. The summed E-state index contributed by atoms with van der Waals surface area (Å²) in [5, 5.41) is 12.5. The largest absolute Gasteiger partial charge is 0.506 e. The summed E-state index contributed by atoms with van der Waals surface area (Å²) in [6, 6.07) is 9.60. The van der Waals surface area contributed by atoms with E-state index in [0.29, 0.717) is 44.9 Å². The molecule has 0 bridgehead atoms. The predicted molar refractivity (Wildman–Crippen MR) is 181 cm³/mol. The third-order valence-electron chi connectivity index (χ3n) is 10.5. The maximum atomic E-state index is 14.0. The van der Waals surface area contributed by atoms with Crippen LogP contribution in [-0.2, 0) is 28.5 Å². The molecule has 6 rings (SSSR count). The van der Waals surface area contributed by atoms with Crippen LogP contribution in [0.15, 0.2) is 36.4 Å². The number of carbonyl (C=O) groups is 3. The molecule has 1 atom stereocenters. The number of aromatic hydroxyl groups is 1. The van der Waals surface area contributed by atoms with Crippen molar-refractivity contribution >= 4 is 35.3 Å².